The second-order valence-corrected chi connectivity index (χ2v) is 9.95. The van der Waals surface area contributed by atoms with E-state index in [1.165, 1.54) is 25.7 Å². The average Bonchev–Trinajstić information content (AvgIpc) is 2.88. The molecule has 23 heavy (non-hydrogen) atoms. The molecule has 2 saturated carbocycles. The van der Waals surface area contributed by atoms with Gasteiger partial charge in [-0.3, -0.25) is 0 Å². The number of likely N-dealkylation sites (tertiary alicyclic amines) is 1. The molecule has 6 atom stereocenters. The van der Waals surface area contributed by atoms with Gasteiger partial charge in [-0.1, -0.05) is 34.6 Å². The second-order valence-electron chi connectivity index (χ2n) is 9.95. The number of nitrogens with zero attached hydrogens (tertiary/aromatic N) is 1. The van der Waals surface area contributed by atoms with Crippen molar-refractivity contribution < 1.29 is 9.84 Å². The molecular weight excluding hydrogens is 286 g/mol. The quantitative estimate of drug-likeness (QED) is 0.840. The SMILES string of the molecule is C[C@@H]1C[C@H](C)CN(C[C@H](O)CO[C@H]2C(C)(C)[C@H]3CC[C@@]2(C)C3)C1. The monoisotopic (exact) mass is 323 g/mol. The molecule has 3 heteroatoms. The maximum Gasteiger partial charge on any atom is 0.0900 e. The summed E-state index contributed by atoms with van der Waals surface area (Å²) in [5, 5.41) is 10.5. The highest BCUT2D eigenvalue weighted by atomic mass is 16.5. The Morgan fingerprint density at radius 3 is 2.39 bits per heavy atom. The van der Waals surface area contributed by atoms with E-state index in [1.54, 1.807) is 0 Å². The molecule has 2 aliphatic carbocycles. The van der Waals surface area contributed by atoms with E-state index < -0.39 is 0 Å². The smallest absolute Gasteiger partial charge is 0.0900 e. The molecule has 134 valence electrons. The lowest BCUT2D eigenvalue weighted by Crippen LogP contribution is -2.46. The fourth-order valence-electron chi connectivity index (χ4n) is 6.17. The molecule has 0 radical (unpaired) electrons. The maximum absolute atomic E-state index is 10.5. The highest BCUT2D eigenvalue weighted by molar-refractivity contribution is 5.09. The molecule has 3 nitrogen and oxygen atoms in total. The summed E-state index contributed by atoms with van der Waals surface area (Å²) < 4.78 is 6.34. The number of hydrogen-bond donors (Lipinski definition) is 1. The lowest BCUT2D eigenvalue weighted by atomic mass is 9.70. The van der Waals surface area contributed by atoms with Crippen molar-refractivity contribution in [1.29, 1.82) is 0 Å². The summed E-state index contributed by atoms with van der Waals surface area (Å²) >= 11 is 0. The van der Waals surface area contributed by atoms with E-state index in [0.717, 1.165) is 37.4 Å². The number of ether oxygens (including phenoxy) is 1. The molecule has 1 saturated heterocycles. The molecule has 0 amide bonds. The summed E-state index contributed by atoms with van der Waals surface area (Å²) in [6.07, 6.45) is 5.23. The fraction of sp³-hybridized carbons (Fsp3) is 1.00. The largest absolute Gasteiger partial charge is 0.389 e. The van der Waals surface area contributed by atoms with Gasteiger partial charge >= 0.3 is 0 Å². The topological polar surface area (TPSA) is 32.7 Å². The minimum Gasteiger partial charge on any atom is -0.389 e. The van der Waals surface area contributed by atoms with Crippen molar-refractivity contribution >= 4 is 0 Å². The molecule has 3 aliphatic rings. The first kappa shape index (κ1) is 17.7. The van der Waals surface area contributed by atoms with E-state index >= 15 is 0 Å². The van der Waals surface area contributed by atoms with Gasteiger partial charge in [0, 0.05) is 19.6 Å². The first-order valence-electron chi connectivity index (χ1n) is 9.73. The van der Waals surface area contributed by atoms with E-state index in [9.17, 15) is 5.11 Å². The zero-order chi connectivity index (χ0) is 16.8. The first-order valence-corrected chi connectivity index (χ1v) is 9.73. The summed E-state index contributed by atoms with van der Waals surface area (Å²) in [5.74, 6) is 2.30. The Hall–Kier alpha value is -0.120. The van der Waals surface area contributed by atoms with E-state index in [1.807, 2.05) is 0 Å². The summed E-state index contributed by atoms with van der Waals surface area (Å²) in [4.78, 5) is 2.43. The van der Waals surface area contributed by atoms with Gasteiger partial charge in [0.15, 0.2) is 0 Å². The van der Waals surface area contributed by atoms with Crippen LogP contribution in [-0.2, 0) is 4.74 Å². The lowest BCUT2D eigenvalue weighted by molar-refractivity contribution is -0.114. The highest BCUT2D eigenvalue weighted by Crippen LogP contribution is 2.63. The number of hydrogen-bond acceptors (Lipinski definition) is 3. The second kappa shape index (κ2) is 6.31. The number of β-amino-alcohol motifs (C(OH)–C–C–N with tert-alkyl or cyclic N) is 1. The Bertz CT molecular complexity index is 409. The molecule has 3 rings (SSSR count). The fourth-order valence-corrected chi connectivity index (χ4v) is 6.17. The Kier molecular flexibility index (Phi) is 4.85. The third kappa shape index (κ3) is 3.48. The van der Waals surface area contributed by atoms with Gasteiger partial charge in [0.1, 0.15) is 0 Å². The van der Waals surface area contributed by atoms with Crippen molar-refractivity contribution in [1.82, 2.24) is 4.90 Å². The van der Waals surface area contributed by atoms with Crippen LogP contribution in [0, 0.1) is 28.6 Å². The molecule has 0 spiro atoms. The van der Waals surface area contributed by atoms with Crippen molar-refractivity contribution in [3.05, 3.63) is 0 Å². The van der Waals surface area contributed by atoms with E-state index in [4.69, 9.17) is 4.74 Å². The van der Waals surface area contributed by atoms with Gasteiger partial charge in [-0.15, -0.1) is 0 Å². The molecular formula is C20H37NO2. The van der Waals surface area contributed by atoms with Crippen molar-refractivity contribution in [2.24, 2.45) is 28.6 Å². The van der Waals surface area contributed by atoms with Gasteiger partial charge < -0.3 is 14.7 Å². The molecule has 0 aromatic rings. The molecule has 2 bridgehead atoms. The van der Waals surface area contributed by atoms with Crippen LogP contribution in [0.3, 0.4) is 0 Å². The van der Waals surface area contributed by atoms with Crippen molar-refractivity contribution in [2.45, 2.75) is 72.5 Å². The van der Waals surface area contributed by atoms with Gasteiger partial charge in [0.2, 0.25) is 0 Å². The van der Waals surface area contributed by atoms with Crippen LogP contribution in [-0.4, -0.2) is 48.5 Å². The van der Waals surface area contributed by atoms with Gasteiger partial charge in [0.05, 0.1) is 18.8 Å². The van der Waals surface area contributed by atoms with E-state index in [-0.39, 0.29) is 11.5 Å². The lowest BCUT2D eigenvalue weighted by Gasteiger charge is -2.43. The van der Waals surface area contributed by atoms with Crippen molar-refractivity contribution in [3.8, 4) is 0 Å². The Morgan fingerprint density at radius 2 is 1.83 bits per heavy atom. The normalized spacial score (nSPS) is 44.6. The number of aliphatic hydroxyl groups excluding tert-OH is 1. The third-order valence-corrected chi connectivity index (χ3v) is 7.01. The van der Waals surface area contributed by atoms with Gasteiger partial charge in [0.25, 0.3) is 0 Å². The summed E-state index contributed by atoms with van der Waals surface area (Å²) in [5.41, 5.74) is 0.600. The van der Waals surface area contributed by atoms with Crippen LogP contribution in [0.25, 0.3) is 0 Å². The average molecular weight is 324 g/mol. The zero-order valence-electron chi connectivity index (χ0n) is 15.8. The number of rotatable bonds is 5. The first-order chi connectivity index (χ1) is 10.7. The predicted molar refractivity (Wildman–Crippen MR) is 94.4 cm³/mol. The van der Waals surface area contributed by atoms with Crippen LogP contribution < -0.4 is 0 Å². The summed E-state index contributed by atoms with van der Waals surface area (Å²) in [6, 6.07) is 0. The van der Waals surface area contributed by atoms with E-state index in [2.05, 4.69) is 39.5 Å². The highest BCUT2D eigenvalue weighted by Gasteiger charge is 2.60. The summed E-state index contributed by atoms with van der Waals surface area (Å²) in [7, 11) is 0. The van der Waals surface area contributed by atoms with Crippen molar-refractivity contribution in [2.75, 3.05) is 26.2 Å². The van der Waals surface area contributed by atoms with Crippen LogP contribution in [0.1, 0.15) is 60.3 Å². The van der Waals surface area contributed by atoms with Crippen LogP contribution in [0.2, 0.25) is 0 Å². The minimum atomic E-state index is -0.356. The van der Waals surface area contributed by atoms with Crippen LogP contribution in [0.4, 0.5) is 0 Å². The maximum atomic E-state index is 10.5. The molecule has 0 aromatic heterocycles. The number of fused-ring (bicyclic) bond motifs is 2. The molecule has 1 N–H and O–H groups in total. The number of aliphatic hydroxyl groups is 1. The number of piperidine rings is 1. The Morgan fingerprint density at radius 1 is 1.17 bits per heavy atom. The Labute approximate surface area is 142 Å². The molecule has 1 heterocycles. The predicted octanol–water partition coefficient (Wildman–Crippen LogP) is 3.56. The van der Waals surface area contributed by atoms with Gasteiger partial charge in [-0.25, -0.2) is 0 Å². The van der Waals surface area contributed by atoms with Crippen molar-refractivity contribution in [3.63, 3.8) is 0 Å². The Balaban J connectivity index is 1.50. The van der Waals surface area contributed by atoms with Crippen LogP contribution in [0.5, 0.6) is 0 Å². The molecule has 0 aromatic carbocycles. The minimum absolute atomic E-state index is 0.265. The summed E-state index contributed by atoms with van der Waals surface area (Å²) in [6.45, 7) is 15.3. The van der Waals surface area contributed by atoms with Crippen LogP contribution in [0.15, 0.2) is 0 Å². The standard InChI is InChI=1S/C20H37NO2/c1-14-8-15(2)11-21(10-14)12-17(22)13-23-18-19(3,4)16-6-7-20(18,5)9-16/h14-18,22H,6-13H2,1-5H3/t14-,15+,16-,17-,18-,20-/m0/s1. The zero-order valence-corrected chi connectivity index (χ0v) is 15.8. The molecule has 1 aliphatic heterocycles. The molecule has 0 unspecified atom stereocenters. The van der Waals surface area contributed by atoms with Crippen LogP contribution >= 0.6 is 0 Å². The van der Waals surface area contributed by atoms with E-state index in [0.29, 0.717) is 18.1 Å². The van der Waals surface area contributed by atoms with Gasteiger partial charge in [-0.05, 0) is 54.3 Å². The molecule has 3 fully saturated rings. The third-order valence-electron chi connectivity index (χ3n) is 7.01. The van der Waals surface area contributed by atoms with Gasteiger partial charge in [-0.2, -0.15) is 0 Å².